The van der Waals surface area contributed by atoms with Gasteiger partial charge in [0, 0.05) is 18.5 Å². The molecule has 0 aromatic rings. The molecule has 80 valence electrons. The van der Waals surface area contributed by atoms with E-state index in [1.54, 1.807) is 0 Å². The first-order chi connectivity index (χ1) is 6.70. The van der Waals surface area contributed by atoms with Crippen molar-refractivity contribution in [3.8, 4) is 0 Å². The zero-order valence-electron chi connectivity index (χ0n) is 8.83. The monoisotopic (exact) mass is 196 g/mol. The molecule has 3 nitrogen and oxygen atoms in total. The van der Waals surface area contributed by atoms with E-state index in [0.29, 0.717) is 6.54 Å². The van der Waals surface area contributed by atoms with Crippen LogP contribution in [-0.4, -0.2) is 18.5 Å². The molecule has 0 bridgehead atoms. The Balaban J connectivity index is 2.17. The van der Waals surface area contributed by atoms with Gasteiger partial charge in [0.15, 0.2) is 0 Å². The molecule has 1 aliphatic carbocycles. The Morgan fingerprint density at radius 3 is 3.00 bits per heavy atom. The predicted molar refractivity (Wildman–Crippen MR) is 57.8 cm³/mol. The van der Waals surface area contributed by atoms with Crippen molar-refractivity contribution in [2.75, 3.05) is 6.54 Å². The highest BCUT2D eigenvalue weighted by Gasteiger charge is 2.17. The third-order valence-electron chi connectivity index (χ3n) is 2.54. The molecule has 0 aromatic carbocycles. The van der Waals surface area contributed by atoms with Gasteiger partial charge in [-0.05, 0) is 32.6 Å². The highest BCUT2D eigenvalue weighted by atomic mass is 16.1. The Morgan fingerprint density at radius 2 is 2.43 bits per heavy atom. The number of carbonyl (C=O) groups is 1. The Labute approximate surface area is 85.7 Å². The van der Waals surface area contributed by atoms with Crippen LogP contribution in [0.5, 0.6) is 0 Å². The number of nitrogens with two attached hydrogens (primary N) is 1. The smallest absolute Gasteiger partial charge is 0.223 e. The van der Waals surface area contributed by atoms with Gasteiger partial charge in [0.2, 0.25) is 5.91 Å². The Kier molecular flexibility index (Phi) is 4.66. The third kappa shape index (κ3) is 3.92. The van der Waals surface area contributed by atoms with E-state index in [4.69, 9.17) is 5.73 Å². The molecule has 0 saturated carbocycles. The van der Waals surface area contributed by atoms with Gasteiger partial charge in [0.1, 0.15) is 0 Å². The van der Waals surface area contributed by atoms with Crippen LogP contribution in [0.2, 0.25) is 0 Å². The molecule has 0 heterocycles. The van der Waals surface area contributed by atoms with Gasteiger partial charge in [-0.25, -0.2) is 0 Å². The van der Waals surface area contributed by atoms with E-state index in [1.807, 2.05) is 6.92 Å². The van der Waals surface area contributed by atoms with Gasteiger partial charge in [0.05, 0.1) is 0 Å². The summed E-state index contributed by atoms with van der Waals surface area (Å²) in [5, 5.41) is 2.93. The number of rotatable bonds is 4. The molecule has 0 radical (unpaired) electrons. The first kappa shape index (κ1) is 11.2. The van der Waals surface area contributed by atoms with E-state index >= 15 is 0 Å². The lowest BCUT2D eigenvalue weighted by atomic mass is 9.94. The van der Waals surface area contributed by atoms with Crippen molar-refractivity contribution in [1.82, 2.24) is 5.32 Å². The van der Waals surface area contributed by atoms with E-state index in [-0.39, 0.29) is 17.9 Å². The van der Waals surface area contributed by atoms with Crippen LogP contribution in [0.15, 0.2) is 12.2 Å². The van der Waals surface area contributed by atoms with Crippen LogP contribution in [0.3, 0.4) is 0 Å². The van der Waals surface area contributed by atoms with Gasteiger partial charge in [-0.2, -0.15) is 0 Å². The van der Waals surface area contributed by atoms with Crippen LogP contribution < -0.4 is 11.1 Å². The second-order valence-electron chi connectivity index (χ2n) is 4.04. The molecule has 1 rings (SSSR count). The summed E-state index contributed by atoms with van der Waals surface area (Å²) < 4.78 is 0. The minimum atomic E-state index is 0.168. The summed E-state index contributed by atoms with van der Waals surface area (Å²) in [7, 11) is 0. The summed E-state index contributed by atoms with van der Waals surface area (Å²) in [6, 6.07) is 0.168. The van der Waals surface area contributed by atoms with Gasteiger partial charge >= 0.3 is 0 Å². The van der Waals surface area contributed by atoms with Crippen molar-refractivity contribution in [3.63, 3.8) is 0 Å². The fourth-order valence-electron chi connectivity index (χ4n) is 1.60. The van der Waals surface area contributed by atoms with Gasteiger partial charge < -0.3 is 11.1 Å². The summed E-state index contributed by atoms with van der Waals surface area (Å²) in [5.41, 5.74) is 5.59. The van der Waals surface area contributed by atoms with Gasteiger partial charge in [0.25, 0.3) is 0 Å². The zero-order valence-corrected chi connectivity index (χ0v) is 8.83. The molecule has 0 spiro atoms. The molecule has 0 aromatic heterocycles. The predicted octanol–water partition coefficient (Wildman–Crippen LogP) is 1.20. The van der Waals surface area contributed by atoms with Crippen molar-refractivity contribution < 1.29 is 4.79 Å². The fraction of sp³-hybridized carbons (Fsp3) is 0.727. The largest absolute Gasteiger partial charge is 0.356 e. The number of carbonyl (C=O) groups excluding carboxylic acids is 1. The summed E-state index contributed by atoms with van der Waals surface area (Å²) in [6.45, 7) is 2.66. The van der Waals surface area contributed by atoms with Crippen molar-refractivity contribution in [2.24, 2.45) is 11.7 Å². The van der Waals surface area contributed by atoms with Crippen molar-refractivity contribution in [3.05, 3.63) is 12.2 Å². The molecule has 3 heteroatoms. The topological polar surface area (TPSA) is 55.1 Å². The van der Waals surface area contributed by atoms with E-state index in [2.05, 4.69) is 17.5 Å². The van der Waals surface area contributed by atoms with Gasteiger partial charge in [-0.1, -0.05) is 12.2 Å². The second-order valence-corrected chi connectivity index (χ2v) is 4.04. The van der Waals surface area contributed by atoms with E-state index in [9.17, 15) is 4.79 Å². The minimum Gasteiger partial charge on any atom is -0.356 e. The summed E-state index contributed by atoms with van der Waals surface area (Å²) >= 11 is 0. The van der Waals surface area contributed by atoms with Crippen LogP contribution >= 0.6 is 0 Å². The molecule has 3 N–H and O–H groups in total. The van der Waals surface area contributed by atoms with Gasteiger partial charge in [-0.3, -0.25) is 4.79 Å². The lowest BCUT2D eigenvalue weighted by Gasteiger charge is -2.17. The number of nitrogens with one attached hydrogen (secondary N) is 1. The molecular formula is C11H20N2O. The lowest BCUT2D eigenvalue weighted by molar-refractivity contribution is -0.125. The zero-order chi connectivity index (χ0) is 10.4. The average Bonchev–Trinajstić information content (AvgIpc) is 2.18. The highest BCUT2D eigenvalue weighted by molar-refractivity contribution is 5.78. The summed E-state index contributed by atoms with van der Waals surface area (Å²) in [6.07, 6.45) is 8.01. The SMILES string of the molecule is CC(N)CCNC(=O)C1CC=CCC1. The fourth-order valence-corrected chi connectivity index (χ4v) is 1.60. The Hall–Kier alpha value is -0.830. The number of hydrogen-bond donors (Lipinski definition) is 2. The van der Waals surface area contributed by atoms with Crippen LogP contribution in [-0.2, 0) is 4.79 Å². The first-order valence-corrected chi connectivity index (χ1v) is 5.38. The standard InChI is InChI=1S/C11H20N2O/c1-9(12)7-8-13-11(14)10-5-3-2-4-6-10/h2-3,9-10H,4-8,12H2,1H3,(H,13,14). The van der Waals surface area contributed by atoms with E-state index in [1.165, 1.54) is 0 Å². The third-order valence-corrected chi connectivity index (χ3v) is 2.54. The van der Waals surface area contributed by atoms with Crippen LogP contribution in [0.4, 0.5) is 0 Å². The molecule has 0 aliphatic heterocycles. The average molecular weight is 196 g/mol. The van der Waals surface area contributed by atoms with Crippen molar-refractivity contribution in [1.29, 1.82) is 0 Å². The molecule has 1 aliphatic rings. The maximum absolute atomic E-state index is 11.6. The molecular weight excluding hydrogens is 176 g/mol. The highest BCUT2D eigenvalue weighted by Crippen LogP contribution is 2.17. The maximum Gasteiger partial charge on any atom is 0.223 e. The minimum absolute atomic E-state index is 0.168. The number of allylic oxidation sites excluding steroid dienone is 2. The Morgan fingerprint density at radius 1 is 1.64 bits per heavy atom. The quantitative estimate of drug-likeness (QED) is 0.664. The number of hydrogen-bond acceptors (Lipinski definition) is 2. The van der Waals surface area contributed by atoms with Crippen molar-refractivity contribution in [2.45, 2.75) is 38.6 Å². The number of amides is 1. The molecule has 0 saturated heterocycles. The van der Waals surface area contributed by atoms with Crippen molar-refractivity contribution >= 4 is 5.91 Å². The normalized spacial score (nSPS) is 23.1. The molecule has 14 heavy (non-hydrogen) atoms. The molecule has 2 atom stereocenters. The summed E-state index contributed by atoms with van der Waals surface area (Å²) in [4.78, 5) is 11.6. The molecule has 0 fully saturated rings. The lowest BCUT2D eigenvalue weighted by Crippen LogP contribution is -2.34. The Bertz CT molecular complexity index is 211. The van der Waals surface area contributed by atoms with Crippen LogP contribution in [0.25, 0.3) is 0 Å². The van der Waals surface area contributed by atoms with E-state index in [0.717, 1.165) is 25.7 Å². The first-order valence-electron chi connectivity index (χ1n) is 5.38. The second kappa shape index (κ2) is 5.81. The molecule has 1 amide bonds. The molecule has 2 unspecified atom stereocenters. The van der Waals surface area contributed by atoms with E-state index < -0.39 is 0 Å². The van der Waals surface area contributed by atoms with Crippen LogP contribution in [0.1, 0.15) is 32.6 Å². The van der Waals surface area contributed by atoms with Crippen LogP contribution in [0, 0.1) is 5.92 Å². The van der Waals surface area contributed by atoms with Gasteiger partial charge in [-0.15, -0.1) is 0 Å². The maximum atomic E-state index is 11.6. The summed E-state index contributed by atoms with van der Waals surface area (Å²) in [5.74, 6) is 0.378.